The fourth-order valence-electron chi connectivity index (χ4n) is 2.95. The highest BCUT2D eigenvalue weighted by atomic mass is 19.2. The van der Waals surface area contributed by atoms with E-state index in [1.165, 1.54) is 25.6 Å². The summed E-state index contributed by atoms with van der Waals surface area (Å²) in [5, 5.41) is 10.2. The smallest absolute Gasteiger partial charge is 0.232 e. The summed E-state index contributed by atoms with van der Waals surface area (Å²) >= 11 is 0. The van der Waals surface area contributed by atoms with Gasteiger partial charge in [-0.25, -0.2) is 18.7 Å². The Balaban J connectivity index is 1.55. The van der Waals surface area contributed by atoms with Gasteiger partial charge in [0.2, 0.25) is 5.88 Å². The summed E-state index contributed by atoms with van der Waals surface area (Å²) in [5.74, 6) is -0.832. The predicted octanol–water partition coefficient (Wildman–Crippen LogP) is 5.52. The monoisotopic (exact) mass is 423 g/mol. The minimum atomic E-state index is -1.03. The van der Waals surface area contributed by atoms with Crippen LogP contribution in [0.4, 0.5) is 31.9 Å². The average molecular weight is 423 g/mol. The maximum absolute atomic E-state index is 14.4. The molecule has 0 aliphatic rings. The van der Waals surface area contributed by atoms with E-state index in [1.54, 1.807) is 0 Å². The van der Waals surface area contributed by atoms with E-state index in [4.69, 9.17) is 9.26 Å². The standard InChI is InChI=1S/C22H19F2N5O2/c1-12-13(2)29-31-22(12)28-15-6-4-14(5-7-15)27-19-10-17(25-11-26-19)20-18(30-3)9-8-16(23)21(20)24/h4-11,28H,1-3H3,(H,25,26,27). The molecule has 9 heteroatoms. The lowest BCUT2D eigenvalue weighted by Gasteiger charge is -2.11. The SMILES string of the molecule is COc1ccc(F)c(F)c1-c1cc(Nc2ccc(Nc3onc(C)c3C)cc2)ncn1. The summed E-state index contributed by atoms with van der Waals surface area (Å²) in [4.78, 5) is 8.22. The van der Waals surface area contributed by atoms with Crippen LogP contribution < -0.4 is 15.4 Å². The molecule has 7 nitrogen and oxygen atoms in total. The van der Waals surface area contributed by atoms with Gasteiger partial charge >= 0.3 is 0 Å². The van der Waals surface area contributed by atoms with Crippen LogP contribution >= 0.6 is 0 Å². The molecule has 4 aromatic rings. The Bertz CT molecular complexity index is 1230. The van der Waals surface area contributed by atoms with Crippen molar-refractivity contribution in [3.8, 4) is 17.0 Å². The molecular weight excluding hydrogens is 404 g/mol. The van der Waals surface area contributed by atoms with Gasteiger partial charge in [-0.1, -0.05) is 5.16 Å². The minimum absolute atomic E-state index is 0.0646. The quantitative estimate of drug-likeness (QED) is 0.422. The summed E-state index contributed by atoms with van der Waals surface area (Å²) < 4.78 is 38.5. The van der Waals surface area contributed by atoms with Crippen molar-refractivity contribution in [2.45, 2.75) is 13.8 Å². The molecule has 0 spiro atoms. The topological polar surface area (TPSA) is 85.1 Å². The third-order valence-electron chi connectivity index (χ3n) is 4.77. The first-order valence-corrected chi connectivity index (χ1v) is 9.37. The van der Waals surface area contributed by atoms with Gasteiger partial charge in [0.05, 0.1) is 24.1 Å². The van der Waals surface area contributed by atoms with Crippen LogP contribution in [0.5, 0.6) is 5.75 Å². The van der Waals surface area contributed by atoms with Crippen LogP contribution in [-0.4, -0.2) is 22.2 Å². The first kappa shape index (κ1) is 20.3. The van der Waals surface area contributed by atoms with Gasteiger partial charge < -0.3 is 19.9 Å². The molecule has 0 aliphatic heterocycles. The van der Waals surface area contributed by atoms with E-state index in [-0.39, 0.29) is 17.0 Å². The van der Waals surface area contributed by atoms with Crippen molar-refractivity contribution in [1.82, 2.24) is 15.1 Å². The van der Waals surface area contributed by atoms with Gasteiger partial charge in [0.15, 0.2) is 11.6 Å². The van der Waals surface area contributed by atoms with E-state index in [0.717, 1.165) is 28.7 Å². The van der Waals surface area contributed by atoms with Crippen LogP contribution in [0.2, 0.25) is 0 Å². The highest BCUT2D eigenvalue weighted by Gasteiger charge is 2.18. The lowest BCUT2D eigenvalue weighted by Crippen LogP contribution is -2.00. The van der Waals surface area contributed by atoms with E-state index in [1.807, 2.05) is 38.1 Å². The Labute approximate surface area is 177 Å². The number of methoxy groups -OCH3 is 1. The Morgan fingerprint density at radius 2 is 1.65 bits per heavy atom. The summed E-state index contributed by atoms with van der Waals surface area (Å²) in [6, 6.07) is 11.3. The molecule has 0 aliphatic carbocycles. The van der Waals surface area contributed by atoms with Crippen molar-refractivity contribution in [1.29, 1.82) is 0 Å². The Kier molecular flexibility index (Phi) is 5.48. The molecule has 2 aromatic carbocycles. The molecule has 0 atom stereocenters. The number of nitrogens with zero attached hydrogens (tertiary/aromatic N) is 3. The maximum Gasteiger partial charge on any atom is 0.232 e. The van der Waals surface area contributed by atoms with Gasteiger partial charge in [-0.05, 0) is 50.2 Å². The number of aromatic nitrogens is 3. The zero-order valence-electron chi connectivity index (χ0n) is 17.0. The van der Waals surface area contributed by atoms with Crippen LogP contribution in [0.1, 0.15) is 11.3 Å². The van der Waals surface area contributed by atoms with Crippen molar-refractivity contribution >= 4 is 23.1 Å². The molecule has 0 bridgehead atoms. The lowest BCUT2D eigenvalue weighted by atomic mass is 10.1. The normalized spacial score (nSPS) is 10.7. The van der Waals surface area contributed by atoms with Crippen molar-refractivity contribution < 1.29 is 18.0 Å². The molecule has 0 fully saturated rings. The lowest BCUT2D eigenvalue weighted by molar-refractivity contribution is 0.409. The maximum atomic E-state index is 14.4. The fraction of sp³-hybridized carbons (Fsp3) is 0.136. The van der Waals surface area contributed by atoms with Gasteiger partial charge in [-0.3, -0.25) is 0 Å². The Morgan fingerprint density at radius 3 is 2.29 bits per heavy atom. The van der Waals surface area contributed by atoms with Crippen LogP contribution in [0.3, 0.4) is 0 Å². The second kappa shape index (κ2) is 8.39. The van der Waals surface area contributed by atoms with Crippen LogP contribution in [0.15, 0.2) is 53.3 Å². The fourth-order valence-corrected chi connectivity index (χ4v) is 2.95. The molecule has 158 valence electrons. The van der Waals surface area contributed by atoms with Gasteiger partial charge in [-0.15, -0.1) is 0 Å². The summed E-state index contributed by atoms with van der Waals surface area (Å²) in [6.45, 7) is 3.80. The first-order chi connectivity index (χ1) is 15.0. The number of ether oxygens (including phenoxy) is 1. The third kappa shape index (κ3) is 4.16. The molecule has 2 aromatic heterocycles. The van der Waals surface area contributed by atoms with E-state index in [0.29, 0.717) is 11.7 Å². The number of rotatable bonds is 6. The van der Waals surface area contributed by atoms with Crippen LogP contribution in [0, 0.1) is 25.5 Å². The molecule has 0 saturated heterocycles. The molecular formula is C22H19F2N5O2. The second-order valence-electron chi connectivity index (χ2n) is 6.78. The molecule has 0 amide bonds. The zero-order chi connectivity index (χ0) is 22.0. The highest BCUT2D eigenvalue weighted by Crippen LogP contribution is 2.33. The zero-order valence-corrected chi connectivity index (χ0v) is 17.0. The average Bonchev–Trinajstić information content (AvgIpc) is 3.09. The predicted molar refractivity (Wildman–Crippen MR) is 113 cm³/mol. The molecule has 0 unspecified atom stereocenters. The number of anilines is 4. The molecule has 0 radical (unpaired) electrons. The van der Waals surface area contributed by atoms with Gasteiger partial charge in [-0.2, -0.15) is 0 Å². The van der Waals surface area contributed by atoms with Crippen molar-refractivity contribution in [2.75, 3.05) is 17.7 Å². The Morgan fingerprint density at radius 1 is 0.935 bits per heavy atom. The molecule has 2 N–H and O–H groups in total. The first-order valence-electron chi connectivity index (χ1n) is 9.37. The summed E-state index contributed by atoms with van der Waals surface area (Å²) in [6.07, 6.45) is 1.27. The number of halogens is 2. The van der Waals surface area contributed by atoms with Crippen molar-refractivity contribution in [3.63, 3.8) is 0 Å². The van der Waals surface area contributed by atoms with Crippen molar-refractivity contribution in [2.24, 2.45) is 0 Å². The highest BCUT2D eigenvalue weighted by molar-refractivity contribution is 5.71. The number of aryl methyl sites for hydroxylation is 1. The third-order valence-corrected chi connectivity index (χ3v) is 4.77. The molecule has 2 heterocycles. The van der Waals surface area contributed by atoms with Crippen LogP contribution in [0.25, 0.3) is 11.3 Å². The van der Waals surface area contributed by atoms with Gasteiger partial charge in [0.1, 0.15) is 17.9 Å². The van der Waals surface area contributed by atoms with Gasteiger partial charge in [0, 0.05) is 23.0 Å². The molecule has 4 rings (SSSR count). The number of hydrogen-bond donors (Lipinski definition) is 2. The summed E-state index contributed by atoms with van der Waals surface area (Å²) in [7, 11) is 1.38. The molecule has 0 saturated carbocycles. The molecule has 31 heavy (non-hydrogen) atoms. The van der Waals surface area contributed by atoms with E-state index in [2.05, 4.69) is 25.8 Å². The minimum Gasteiger partial charge on any atom is -0.496 e. The number of hydrogen-bond acceptors (Lipinski definition) is 7. The summed E-state index contributed by atoms with van der Waals surface area (Å²) in [5.41, 5.74) is 3.46. The van der Waals surface area contributed by atoms with E-state index in [9.17, 15) is 8.78 Å². The van der Waals surface area contributed by atoms with E-state index < -0.39 is 11.6 Å². The van der Waals surface area contributed by atoms with Gasteiger partial charge in [0.25, 0.3) is 0 Å². The number of nitrogens with one attached hydrogen (secondary N) is 2. The van der Waals surface area contributed by atoms with Crippen molar-refractivity contribution in [3.05, 3.63) is 71.7 Å². The largest absolute Gasteiger partial charge is 0.496 e. The second-order valence-corrected chi connectivity index (χ2v) is 6.78. The number of benzene rings is 2. The van der Waals surface area contributed by atoms with Crippen LogP contribution in [-0.2, 0) is 0 Å². The van der Waals surface area contributed by atoms with E-state index >= 15 is 0 Å². The Hall–Kier alpha value is -4.01.